The predicted octanol–water partition coefficient (Wildman–Crippen LogP) is 4.44. The van der Waals surface area contributed by atoms with Crippen molar-refractivity contribution >= 4 is 23.0 Å². The number of anilines is 1. The van der Waals surface area contributed by atoms with Gasteiger partial charge in [0.1, 0.15) is 0 Å². The van der Waals surface area contributed by atoms with Crippen LogP contribution in [-0.4, -0.2) is 15.8 Å². The highest BCUT2D eigenvalue weighted by Crippen LogP contribution is 2.24. The third kappa shape index (κ3) is 5.75. The third-order valence-corrected chi connectivity index (χ3v) is 3.34. The molecule has 0 aliphatic carbocycles. The third-order valence-electron chi connectivity index (χ3n) is 3.34. The number of nitro benzene ring substituents is 2. The number of carbonyl (C=O) groups excluding carboxylic acids is 1. The minimum absolute atomic E-state index is 0.0817. The fraction of sp³-hybridized carbons (Fsp3) is 0. The number of nitro groups is 2. The average molecular weight is 365 g/mol. The second kappa shape index (κ2) is 9.42. The summed E-state index contributed by atoms with van der Waals surface area (Å²) in [7, 11) is 0. The van der Waals surface area contributed by atoms with E-state index in [0.717, 1.165) is 17.8 Å². The van der Waals surface area contributed by atoms with E-state index >= 15 is 0 Å². The van der Waals surface area contributed by atoms with Crippen molar-refractivity contribution in [3.63, 3.8) is 0 Å². The molecule has 3 aromatic rings. The van der Waals surface area contributed by atoms with E-state index in [0.29, 0.717) is 5.56 Å². The largest absolute Gasteiger partial charge is 0.346 e. The van der Waals surface area contributed by atoms with Crippen molar-refractivity contribution in [2.45, 2.75) is 0 Å². The van der Waals surface area contributed by atoms with Gasteiger partial charge < -0.3 is 5.32 Å². The second-order valence-corrected chi connectivity index (χ2v) is 5.19. The summed E-state index contributed by atoms with van der Waals surface area (Å²) in [6, 6.07) is 23.5. The van der Waals surface area contributed by atoms with E-state index in [1.165, 1.54) is 12.1 Å². The first-order chi connectivity index (χ1) is 13.0. The summed E-state index contributed by atoms with van der Waals surface area (Å²) in [6.07, 6.45) is 0. The van der Waals surface area contributed by atoms with Crippen LogP contribution < -0.4 is 5.32 Å². The van der Waals surface area contributed by atoms with Gasteiger partial charge in [-0.15, -0.1) is 0 Å². The molecule has 0 heterocycles. The van der Waals surface area contributed by atoms with Crippen LogP contribution in [0.1, 0.15) is 10.4 Å². The van der Waals surface area contributed by atoms with Gasteiger partial charge in [-0.2, -0.15) is 0 Å². The smallest absolute Gasteiger partial charge is 0.322 e. The van der Waals surface area contributed by atoms with Crippen LogP contribution in [0.15, 0.2) is 84.9 Å². The van der Waals surface area contributed by atoms with E-state index in [1.807, 2.05) is 48.5 Å². The maximum Gasteiger partial charge on any atom is 0.346 e. The Labute approximate surface area is 154 Å². The Morgan fingerprint density at radius 1 is 0.667 bits per heavy atom. The van der Waals surface area contributed by atoms with Gasteiger partial charge in [-0.25, -0.2) is 0 Å². The number of para-hydroxylation sites is 3. The number of nitrogens with one attached hydrogen (secondary N) is 1. The number of rotatable bonds is 4. The summed E-state index contributed by atoms with van der Waals surface area (Å²) >= 11 is 0. The van der Waals surface area contributed by atoms with Crippen molar-refractivity contribution in [1.29, 1.82) is 0 Å². The van der Waals surface area contributed by atoms with Gasteiger partial charge in [0.05, 0.1) is 9.85 Å². The molecule has 0 bridgehead atoms. The monoisotopic (exact) mass is 365 g/mol. The van der Waals surface area contributed by atoms with Crippen LogP contribution in [0.25, 0.3) is 0 Å². The number of amides is 1. The van der Waals surface area contributed by atoms with E-state index in [-0.39, 0.29) is 5.91 Å². The van der Waals surface area contributed by atoms with Crippen LogP contribution in [0.2, 0.25) is 0 Å². The van der Waals surface area contributed by atoms with Gasteiger partial charge in [-0.1, -0.05) is 48.5 Å². The second-order valence-electron chi connectivity index (χ2n) is 5.19. The molecule has 0 aliphatic rings. The van der Waals surface area contributed by atoms with Crippen LogP contribution >= 0.6 is 0 Å². The molecule has 3 aromatic carbocycles. The van der Waals surface area contributed by atoms with E-state index < -0.39 is 21.2 Å². The first kappa shape index (κ1) is 19.3. The number of hydrogen-bond acceptors (Lipinski definition) is 5. The van der Waals surface area contributed by atoms with Crippen molar-refractivity contribution in [1.82, 2.24) is 0 Å². The van der Waals surface area contributed by atoms with E-state index in [1.54, 1.807) is 12.1 Å². The molecule has 1 N–H and O–H groups in total. The molecule has 0 unspecified atom stereocenters. The first-order valence-electron chi connectivity index (χ1n) is 7.78. The quantitative estimate of drug-likeness (QED) is 0.542. The fourth-order valence-corrected chi connectivity index (χ4v) is 2.09. The fourth-order valence-electron chi connectivity index (χ4n) is 2.09. The lowest BCUT2D eigenvalue weighted by Gasteiger charge is -2.03. The van der Waals surface area contributed by atoms with Gasteiger partial charge in [0, 0.05) is 23.4 Å². The van der Waals surface area contributed by atoms with E-state index in [2.05, 4.69) is 5.32 Å². The van der Waals surface area contributed by atoms with Crippen molar-refractivity contribution in [2.75, 3.05) is 5.32 Å². The van der Waals surface area contributed by atoms with Crippen LogP contribution in [0.5, 0.6) is 0 Å². The van der Waals surface area contributed by atoms with Crippen molar-refractivity contribution in [2.24, 2.45) is 0 Å². The maximum absolute atomic E-state index is 11.7. The zero-order valence-electron chi connectivity index (χ0n) is 14.0. The van der Waals surface area contributed by atoms with Crippen LogP contribution in [0.3, 0.4) is 0 Å². The summed E-state index contributed by atoms with van der Waals surface area (Å²) < 4.78 is 0. The highest BCUT2D eigenvalue weighted by molar-refractivity contribution is 6.04. The molecular formula is C19H15N3O5. The molecule has 0 radical (unpaired) electrons. The highest BCUT2D eigenvalue weighted by Gasteiger charge is 2.21. The topological polar surface area (TPSA) is 115 Å². The molecule has 3 rings (SSSR count). The van der Waals surface area contributed by atoms with Gasteiger partial charge in [-0.3, -0.25) is 25.0 Å². The van der Waals surface area contributed by atoms with Crippen molar-refractivity contribution in [3.8, 4) is 0 Å². The number of nitrogens with zero attached hydrogens (tertiary/aromatic N) is 2. The molecular weight excluding hydrogens is 350 g/mol. The highest BCUT2D eigenvalue weighted by atomic mass is 16.6. The zero-order valence-corrected chi connectivity index (χ0v) is 14.0. The normalized spacial score (nSPS) is 9.48. The van der Waals surface area contributed by atoms with E-state index in [4.69, 9.17) is 0 Å². The lowest BCUT2D eigenvalue weighted by Crippen LogP contribution is -2.11. The molecule has 0 saturated carbocycles. The SMILES string of the molecule is O=C(Nc1ccccc1)c1ccccc1.O=[N+]([O-])c1ccccc1[N+](=O)[O-]. The maximum atomic E-state index is 11.7. The van der Waals surface area contributed by atoms with Crippen LogP contribution in [0.4, 0.5) is 17.1 Å². The Hall–Kier alpha value is -4.07. The molecule has 0 aliphatic heterocycles. The lowest BCUT2D eigenvalue weighted by atomic mass is 10.2. The van der Waals surface area contributed by atoms with Crippen molar-refractivity contribution < 1.29 is 14.6 Å². The molecule has 8 heteroatoms. The van der Waals surface area contributed by atoms with Crippen molar-refractivity contribution in [3.05, 3.63) is 111 Å². The molecule has 0 aromatic heterocycles. The Balaban J connectivity index is 0.000000199. The molecule has 0 atom stereocenters. The van der Waals surface area contributed by atoms with Gasteiger partial charge in [0.25, 0.3) is 5.91 Å². The standard InChI is InChI=1S/C13H11NO.C6H4N2O4/c15-13(11-7-3-1-4-8-11)14-12-9-5-2-6-10-12;9-7(10)5-3-1-2-4-6(5)8(11)12/h1-10H,(H,14,15);1-4H. The van der Waals surface area contributed by atoms with E-state index in [9.17, 15) is 25.0 Å². The molecule has 27 heavy (non-hydrogen) atoms. The number of carbonyl (C=O) groups is 1. The van der Waals surface area contributed by atoms with Crippen LogP contribution in [-0.2, 0) is 0 Å². The molecule has 0 spiro atoms. The summed E-state index contributed by atoms with van der Waals surface area (Å²) in [5, 5.41) is 23.3. The zero-order chi connectivity index (χ0) is 19.6. The molecule has 0 saturated heterocycles. The minimum atomic E-state index is -0.780. The summed E-state index contributed by atoms with van der Waals surface area (Å²) in [5.41, 5.74) is 0.512. The van der Waals surface area contributed by atoms with Gasteiger partial charge in [-0.05, 0) is 24.3 Å². The molecule has 136 valence electrons. The number of hydrogen-bond donors (Lipinski definition) is 1. The minimum Gasteiger partial charge on any atom is -0.322 e. The Morgan fingerprint density at radius 3 is 1.52 bits per heavy atom. The summed E-state index contributed by atoms with van der Waals surface area (Å²) in [4.78, 5) is 30.6. The van der Waals surface area contributed by atoms with Gasteiger partial charge >= 0.3 is 11.4 Å². The molecule has 0 fully saturated rings. The molecule has 8 nitrogen and oxygen atoms in total. The van der Waals surface area contributed by atoms with Crippen LogP contribution in [0, 0.1) is 20.2 Å². The summed E-state index contributed by atoms with van der Waals surface area (Å²) in [6.45, 7) is 0. The lowest BCUT2D eigenvalue weighted by molar-refractivity contribution is -0.422. The predicted molar refractivity (Wildman–Crippen MR) is 101 cm³/mol. The Bertz CT molecular complexity index is 897. The molecule has 1 amide bonds. The average Bonchev–Trinajstić information content (AvgIpc) is 2.70. The van der Waals surface area contributed by atoms with Gasteiger partial charge in [0.15, 0.2) is 0 Å². The first-order valence-corrected chi connectivity index (χ1v) is 7.78. The Kier molecular flexibility index (Phi) is 6.72. The van der Waals surface area contributed by atoms with Gasteiger partial charge in [0.2, 0.25) is 0 Å². The summed E-state index contributed by atoms with van der Waals surface area (Å²) in [5.74, 6) is -0.0817. The Morgan fingerprint density at radius 2 is 1.07 bits per heavy atom. The number of benzene rings is 3.